The summed E-state index contributed by atoms with van der Waals surface area (Å²) in [5.74, 6) is 1.64. The van der Waals surface area contributed by atoms with Gasteiger partial charge in [-0.25, -0.2) is 0 Å². The first-order valence-electron chi connectivity index (χ1n) is 9.50. The summed E-state index contributed by atoms with van der Waals surface area (Å²) in [5, 5.41) is 7.14. The average Bonchev–Trinajstić information content (AvgIpc) is 2.69. The lowest BCUT2D eigenvalue weighted by Crippen LogP contribution is -3.14. The zero-order valence-corrected chi connectivity index (χ0v) is 16.6. The lowest BCUT2D eigenvalue weighted by Gasteiger charge is -2.23. The summed E-state index contributed by atoms with van der Waals surface area (Å²) in [4.78, 5) is 1.62. The Morgan fingerprint density at radius 2 is 1.67 bits per heavy atom. The van der Waals surface area contributed by atoms with Crippen LogP contribution in [0.25, 0.3) is 0 Å². The number of hydrogen-bond acceptors (Lipinski definition) is 3. The Morgan fingerprint density at radius 3 is 2.33 bits per heavy atom. The third-order valence-corrected chi connectivity index (χ3v) is 4.81. The monoisotopic (exact) mass is 386 g/mol. The number of hydrogen-bond donors (Lipinski definition) is 3. The molecular formula is C21H28N3O2S+. The van der Waals surface area contributed by atoms with Crippen LogP contribution in [0.2, 0.25) is 0 Å². The van der Waals surface area contributed by atoms with Gasteiger partial charge in [0.15, 0.2) is 5.11 Å². The maximum absolute atomic E-state index is 5.84. The van der Waals surface area contributed by atoms with Gasteiger partial charge < -0.3 is 25.0 Å². The molecule has 3 rings (SSSR count). The first kappa shape index (κ1) is 19.6. The lowest BCUT2D eigenvalue weighted by atomic mass is 10.2. The van der Waals surface area contributed by atoms with Gasteiger partial charge in [-0.15, -0.1) is 0 Å². The van der Waals surface area contributed by atoms with Crippen LogP contribution in [-0.2, 0) is 4.74 Å². The molecule has 0 saturated carbocycles. The van der Waals surface area contributed by atoms with Crippen LogP contribution < -0.4 is 20.3 Å². The molecule has 1 heterocycles. The predicted octanol–water partition coefficient (Wildman–Crippen LogP) is 2.38. The van der Waals surface area contributed by atoms with Gasteiger partial charge in [-0.2, -0.15) is 0 Å². The average molecular weight is 387 g/mol. The summed E-state index contributed by atoms with van der Waals surface area (Å²) >= 11 is 5.38. The molecule has 1 saturated heterocycles. The topological polar surface area (TPSA) is 47.0 Å². The van der Waals surface area contributed by atoms with Gasteiger partial charge in [0.05, 0.1) is 19.8 Å². The third kappa shape index (κ3) is 6.82. The molecule has 27 heavy (non-hydrogen) atoms. The second-order valence-electron chi connectivity index (χ2n) is 6.79. The second-order valence-corrected chi connectivity index (χ2v) is 7.19. The van der Waals surface area contributed by atoms with E-state index in [1.807, 2.05) is 48.5 Å². The van der Waals surface area contributed by atoms with Crippen LogP contribution in [0, 0.1) is 6.92 Å². The molecule has 1 aliphatic heterocycles. The first-order chi connectivity index (χ1) is 13.2. The molecule has 5 nitrogen and oxygen atoms in total. The van der Waals surface area contributed by atoms with Gasteiger partial charge in [-0.1, -0.05) is 17.7 Å². The second kappa shape index (κ2) is 10.3. The molecular weight excluding hydrogens is 358 g/mol. The van der Waals surface area contributed by atoms with Gasteiger partial charge in [0.2, 0.25) is 0 Å². The highest BCUT2D eigenvalue weighted by atomic mass is 32.1. The highest BCUT2D eigenvalue weighted by Crippen LogP contribution is 2.23. The molecule has 1 fully saturated rings. The molecule has 2 aromatic carbocycles. The van der Waals surface area contributed by atoms with Gasteiger partial charge in [0, 0.05) is 18.7 Å². The van der Waals surface area contributed by atoms with Crippen LogP contribution in [0.15, 0.2) is 48.5 Å². The van der Waals surface area contributed by atoms with E-state index in [1.54, 1.807) is 4.90 Å². The van der Waals surface area contributed by atoms with E-state index >= 15 is 0 Å². The smallest absolute Gasteiger partial charge is 0.170 e. The number of nitrogens with one attached hydrogen (secondary N) is 3. The summed E-state index contributed by atoms with van der Waals surface area (Å²) < 4.78 is 11.2. The van der Waals surface area contributed by atoms with Gasteiger partial charge in [0.1, 0.15) is 24.6 Å². The molecule has 2 aromatic rings. The zero-order valence-electron chi connectivity index (χ0n) is 15.8. The summed E-state index contributed by atoms with van der Waals surface area (Å²) in [5.41, 5.74) is 2.16. The molecule has 0 spiro atoms. The van der Waals surface area contributed by atoms with E-state index in [0.717, 1.165) is 63.0 Å². The minimum atomic E-state index is 0.652. The zero-order chi connectivity index (χ0) is 18.9. The number of benzene rings is 2. The largest absolute Gasteiger partial charge is 0.457 e. The maximum Gasteiger partial charge on any atom is 0.170 e. The fourth-order valence-corrected chi connectivity index (χ4v) is 3.19. The summed E-state index contributed by atoms with van der Waals surface area (Å²) in [7, 11) is 0. The number of quaternary nitrogens is 1. The molecule has 0 aliphatic carbocycles. The van der Waals surface area contributed by atoms with Crippen molar-refractivity contribution in [2.24, 2.45) is 0 Å². The number of ether oxygens (including phenoxy) is 2. The van der Waals surface area contributed by atoms with Gasteiger partial charge in [-0.3, -0.25) is 0 Å². The highest BCUT2D eigenvalue weighted by Gasteiger charge is 2.12. The summed E-state index contributed by atoms with van der Waals surface area (Å²) in [6.07, 6.45) is 1.10. The van der Waals surface area contributed by atoms with E-state index in [-0.39, 0.29) is 0 Å². The predicted molar refractivity (Wildman–Crippen MR) is 113 cm³/mol. The standard InChI is InChI=1S/C21H27N3O2S/c1-17-3-7-19(8-4-17)26-20-9-5-18(6-10-20)23-21(27)22-11-2-12-24-13-15-25-16-14-24/h3-10H,2,11-16H2,1H3,(H2,22,23,27)/p+1. The Bertz CT molecular complexity index is 713. The Labute approximate surface area is 166 Å². The Morgan fingerprint density at radius 1 is 1.04 bits per heavy atom. The van der Waals surface area contributed by atoms with E-state index in [1.165, 1.54) is 5.56 Å². The van der Waals surface area contributed by atoms with Crippen molar-refractivity contribution in [1.82, 2.24) is 5.32 Å². The number of anilines is 1. The maximum atomic E-state index is 5.84. The molecule has 6 heteroatoms. The van der Waals surface area contributed by atoms with E-state index in [4.69, 9.17) is 21.7 Å². The Hall–Kier alpha value is -2.15. The van der Waals surface area contributed by atoms with E-state index < -0.39 is 0 Å². The number of thiocarbonyl (C=S) groups is 1. The molecule has 1 aliphatic rings. The van der Waals surface area contributed by atoms with Crippen LogP contribution in [0.1, 0.15) is 12.0 Å². The Balaban J connectivity index is 1.37. The van der Waals surface area contributed by atoms with Crippen molar-refractivity contribution in [3.05, 3.63) is 54.1 Å². The highest BCUT2D eigenvalue weighted by molar-refractivity contribution is 7.80. The van der Waals surface area contributed by atoms with Crippen LogP contribution in [-0.4, -0.2) is 44.5 Å². The summed E-state index contributed by atoms with van der Waals surface area (Å²) in [6.45, 7) is 8.08. The molecule has 0 amide bonds. The van der Waals surface area contributed by atoms with Crippen molar-refractivity contribution in [2.45, 2.75) is 13.3 Å². The van der Waals surface area contributed by atoms with E-state index in [0.29, 0.717) is 5.11 Å². The number of rotatable bonds is 7. The molecule has 3 N–H and O–H groups in total. The normalized spacial score (nSPS) is 14.6. The molecule has 0 radical (unpaired) electrons. The summed E-state index contributed by atoms with van der Waals surface area (Å²) in [6, 6.07) is 15.8. The first-order valence-corrected chi connectivity index (χ1v) is 9.90. The van der Waals surface area contributed by atoms with Crippen LogP contribution >= 0.6 is 12.2 Å². The van der Waals surface area contributed by atoms with Crippen molar-refractivity contribution < 1.29 is 14.4 Å². The molecule has 144 valence electrons. The molecule has 0 unspecified atom stereocenters. The van der Waals surface area contributed by atoms with Gasteiger partial charge in [0.25, 0.3) is 0 Å². The minimum absolute atomic E-state index is 0.652. The van der Waals surface area contributed by atoms with Gasteiger partial charge >= 0.3 is 0 Å². The quantitative estimate of drug-likeness (QED) is 0.504. The fraction of sp³-hybridized carbons (Fsp3) is 0.381. The molecule has 0 atom stereocenters. The fourth-order valence-electron chi connectivity index (χ4n) is 2.97. The van der Waals surface area contributed by atoms with E-state index in [9.17, 15) is 0 Å². The van der Waals surface area contributed by atoms with Crippen molar-refractivity contribution in [3.8, 4) is 11.5 Å². The van der Waals surface area contributed by atoms with Crippen molar-refractivity contribution in [3.63, 3.8) is 0 Å². The Kier molecular flexibility index (Phi) is 7.45. The molecule has 0 bridgehead atoms. The number of morpholine rings is 1. The SMILES string of the molecule is Cc1ccc(Oc2ccc(NC(=S)NCCC[NH+]3CCOCC3)cc2)cc1. The van der Waals surface area contributed by atoms with Crippen LogP contribution in [0.3, 0.4) is 0 Å². The molecule has 0 aromatic heterocycles. The van der Waals surface area contributed by atoms with Crippen molar-refractivity contribution >= 4 is 23.0 Å². The lowest BCUT2D eigenvalue weighted by molar-refractivity contribution is -0.908. The van der Waals surface area contributed by atoms with Crippen molar-refractivity contribution in [2.75, 3.05) is 44.7 Å². The third-order valence-electron chi connectivity index (χ3n) is 4.56. The van der Waals surface area contributed by atoms with Gasteiger partial charge in [-0.05, 0) is 55.5 Å². The van der Waals surface area contributed by atoms with Crippen LogP contribution in [0.4, 0.5) is 5.69 Å². The van der Waals surface area contributed by atoms with E-state index in [2.05, 4.69) is 17.6 Å². The minimum Gasteiger partial charge on any atom is -0.457 e. The number of aryl methyl sites for hydroxylation is 1. The van der Waals surface area contributed by atoms with Crippen LogP contribution in [0.5, 0.6) is 11.5 Å². The van der Waals surface area contributed by atoms with Crippen molar-refractivity contribution in [1.29, 1.82) is 0 Å².